The minimum absolute atomic E-state index is 0.0216. The summed E-state index contributed by atoms with van der Waals surface area (Å²) in [6.45, 7) is 0. The fourth-order valence-electron chi connectivity index (χ4n) is 1.02. The van der Waals surface area contributed by atoms with E-state index in [2.05, 4.69) is 4.72 Å². The van der Waals surface area contributed by atoms with E-state index < -0.39 is 10.0 Å². The van der Waals surface area contributed by atoms with Gasteiger partial charge in [0.15, 0.2) is 0 Å². The van der Waals surface area contributed by atoms with Crippen LogP contribution < -0.4 is 4.72 Å². The number of hydrogen-bond donors (Lipinski definition) is 1. The fraction of sp³-hybridized carbons (Fsp3) is 0.250. The Morgan fingerprint density at radius 1 is 1.33 bits per heavy atom. The zero-order valence-electron chi connectivity index (χ0n) is 7.72. The molecule has 0 aliphatic heterocycles. The van der Waals surface area contributed by atoms with Crippen molar-refractivity contribution in [3.8, 4) is 0 Å². The van der Waals surface area contributed by atoms with Gasteiger partial charge in [-0.05, 0) is 19.2 Å². The van der Waals surface area contributed by atoms with Gasteiger partial charge in [0, 0.05) is 10.6 Å². The van der Waals surface area contributed by atoms with Gasteiger partial charge in [0.2, 0.25) is 10.0 Å². The number of hydrogen-bond acceptors (Lipinski definition) is 2. The highest BCUT2D eigenvalue weighted by Gasteiger charge is 2.19. The summed E-state index contributed by atoms with van der Waals surface area (Å²) in [5.41, 5.74) is 0.413. The number of halogens is 3. The molecule has 15 heavy (non-hydrogen) atoms. The fourth-order valence-corrected chi connectivity index (χ4v) is 3.07. The van der Waals surface area contributed by atoms with Crippen LogP contribution in [0.15, 0.2) is 17.0 Å². The molecule has 3 nitrogen and oxygen atoms in total. The molecule has 84 valence electrons. The number of nitrogens with one attached hydrogen (secondary N) is 1. The molecule has 0 aliphatic carbocycles. The molecule has 0 fully saturated rings. The lowest BCUT2D eigenvalue weighted by Crippen LogP contribution is -2.19. The summed E-state index contributed by atoms with van der Waals surface area (Å²) in [5, 5.41) is 0.414. The Hall–Kier alpha value is -0.000000000000000167. The van der Waals surface area contributed by atoms with E-state index in [0.717, 1.165) is 0 Å². The van der Waals surface area contributed by atoms with Crippen molar-refractivity contribution in [3.05, 3.63) is 27.7 Å². The van der Waals surface area contributed by atoms with E-state index in [0.29, 0.717) is 10.6 Å². The van der Waals surface area contributed by atoms with Crippen molar-refractivity contribution in [3.63, 3.8) is 0 Å². The molecule has 1 aromatic carbocycles. The van der Waals surface area contributed by atoms with Gasteiger partial charge in [-0.1, -0.05) is 23.2 Å². The summed E-state index contributed by atoms with van der Waals surface area (Å²) in [5.74, 6) is 0.0603. The molecule has 1 N–H and O–H groups in total. The second kappa shape index (κ2) is 4.89. The highest BCUT2D eigenvalue weighted by Crippen LogP contribution is 2.31. The zero-order valence-corrected chi connectivity index (χ0v) is 10.8. The molecule has 0 aliphatic rings. The highest BCUT2D eigenvalue weighted by atomic mass is 35.5. The van der Waals surface area contributed by atoms with Crippen molar-refractivity contribution < 1.29 is 8.42 Å². The van der Waals surface area contributed by atoms with Gasteiger partial charge in [-0.2, -0.15) is 0 Å². The lowest BCUT2D eigenvalue weighted by atomic mass is 10.2. The number of sulfonamides is 1. The first-order chi connectivity index (χ1) is 6.94. The maximum Gasteiger partial charge on any atom is 0.241 e. The number of rotatable bonds is 3. The highest BCUT2D eigenvalue weighted by molar-refractivity contribution is 7.89. The molecule has 0 unspecified atom stereocenters. The summed E-state index contributed by atoms with van der Waals surface area (Å²) in [4.78, 5) is -0.0216. The molecule has 0 radical (unpaired) electrons. The first-order valence-electron chi connectivity index (χ1n) is 3.90. The van der Waals surface area contributed by atoms with E-state index in [-0.39, 0.29) is 15.8 Å². The van der Waals surface area contributed by atoms with Gasteiger partial charge in [-0.3, -0.25) is 0 Å². The lowest BCUT2D eigenvalue weighted by molar-refractivity contribution is 0.588. The Morgan fingerprint density at radius 2 is 1.93 bits per heavy atom. The third-order valence-electron chi connectivity index (χ3n) is 1.84. The van der Waals surface area contributed by atoms with Gasteiger partial charge >= 0.3 is 0 Å². The van der Waals surface area contributed by atoms with Crippen LogP contribution >= 0.6 is 34.8 Å². The first kappa shape index (κ1) is 13.1. The van der Waals surface area contributed by atoms with Crippen LogP contribution in [0, 0.1) is 0 Å². The third kappa shape index (κ3) is 2.57. The molecule has 0 saturated heterocycles. The monoisotopic (exact) mass is 287 g/mol. The quantitative estimate of drug-likeness (QED) is 0.869. The molecule has 1 aromatic rings. The molecule has 0 bridgehead atoms. The standard InChI is InChI=1S/C8H8Cl3NO2S/c1-12-15(13,14)7-3-2-6(10)5(4-9)8(7)11/h2-3,12H,4H2,1H3. The maximum atomic E-state index is 11.5. The zero-order chi connectivity index (χ0) is 11.6. The van der Waals surface area contributed by atoms with Crippen LogP contribution in [0.25, 0.3) is 0 Å². The maximum absolute atomic E-state index is 11.5. The van der Waals surface area contributed by atoms with Crippen LogP contribution in [0.4, 0.5) is 0 Å². The van der Waals surface area contributed by atoms with Gasteiger partial charge in [-0.15, -0.1) is 11.6 Å². The molecule has 0 spiro atoms. The molecule has 0 amide bonds. The molecule has 0 atom stereocenters. The Bertz CT molecular complexity index is 473. The Kier molecular flexibility index (Phi) is 4.26. The Labute approximate surface area is 103 Å². The summed E-state index contributed by atoms with van der Waals surface area (Å²) in [6.07, 6.45) is 0. The van der Waals surface area contributed by atoms with Crippen molar-refractivity contribution in [2.24, 2.45) is 0 Å². The smallest absolute Gasteiger partial charge is 0.214 e. The summed E-state index contributed by atoms with van der Waals surface area (Å²) in [6, 6.07) is 2.79. The predicted octanol–water partition coefficient (Wildman–Crippen LogP) is 2.64. The largest absolute Gasteiger partial charge is 0.241 e. The molecule has 0 heterocycles. The minimum atomic E-state index is -3.58. The van der Waals surface area contributed by atoms with Gasteiger partial charge in [0.1, 0.15) is 4.90 Å². The summed E-state index contributed by atoms with van der Waals surface area (Å²) < 4.78 is 25.2. The molecule has 1 rings (SSSR count). The summed E-state index contributed by atoms with van der Waals surface area (Å²) >= 11 is 17.3. The van der Waals surface area contributed by atoms with Gasteiger partial charge in [0.05, 0.1) is 10.9 Å². The Morgan fingerprint density at radius 3 is 2.40 bits per heavy atom. The van der Waals surface area contributed by atoms with E-state index in [1.54, 1.807) is 0 Å². The van der Waals surface area contributed by atoms with Crippen molar-refractivity contribution in [2.75, 3.05) is 7.05 Å². The van der Waals surface area contributed by atoms with Crippen LogP contribution in [-0.4, -0.2) is 15.5 Å². The van der Waals surface area contributed by atoms with Gasteiger partial charge in [-0.25, -0.2) is 13.1 Å². The van der Waals surface area contributed by atoms with Crippen LogP contribution in [0.5, 0.6) is 0 Å². The topological polar surface area (TPSA) is 46.2 Å². The van der Waals surface area contributed by atoms with E-state index in [1.165, 1.54) is 19.2 Å². The van der Waals surface area contributed by atoms with Gasteiger partial charge < -0.3 is 0 Å². The van der Waals surface area contributed by atoms with Crippen LogP contribution in [-0.2, 0) is 15.9 Å². The van der Waals surface area contributed by atoms with Crippen LogP contribution in [0.3, 0.4) is 0 Å². The summed E-state index contributed by atoms with van der Waals surface area (Å²) in [7, 11) is -2.27. The van der Waals surface area contributed by atoms with E-state index >= 15 is 0 Å². The predicted molar refractivity (Wildman–Crippen MR) is 62.3 cm³/mol. The van der Waals surface area contributed by atoms with Crippen LogP contribution in [0.1, 0.15) is 5.56 Å². The lowest BCUT2D eigenvalue weighted by Gasteiger charge is -2.09. The Balaban J connectivity index is 3.48. The minimum Gasteiger partial charge on any atom is -0.214 e. The normalized spacial score (nSPS) is 11.7. The van der Waals surface area contributed by atoms with E-state index in [4.69, 9.17) is 34.8 Å². The molecule has 7 heteroatoms. The van der Waals surface area contributed by atoms with Crippen molar-refractivity contribution in [2.45, 2.75) is 10.8 Å². The second-order valence-electron chi connectivity index (χ2n) is 2.68. The van der Waals surface area contributed by atoms with Crippen molar-refractivity contribution in [1.29, 1.82) is 0 Å². The van der Waals surface area contributed by atoms with E-state index in [1.807, 2.05) is 0 Å². The average molecular weight is 289 g/mol. The molecular weight excluding hydrogens is 281 g/mol. The molecule has 0 saturated carbocycles. The number of benzene rings is 1. The second-order valence-corrected chi connectivity index (χ2v) is 5.59. The molecule has 0 aromatic heterocycles. The van der Waals surface area contributed by atoms with Crippen LogP contribution in [0.2, 0.25) is 10.0 Å². The van der Waals surface area contributed by atoms with Crippen molar-refractivity contribution >= 4 is 44.8 Å². The van der Waals surface area contributed by atoms with E-state index in [9.17, 15) is 8.42 Å². The first-order valence-corrected chi connectivity index (χ1v) is 6.67. The third-order valence-corrected chi connectivity index (χ3v) is 4.46. The van der Waals surface area contributed by atoms with Gasteiger partial charge in [0.25, 0.3) is 0 Å². The number of alkyl halides is 1. The van der Waals surface area contributed by atoms with Crippen molar-refractivity contribution in [1.82, 2.24) is 4.72 Å². The SMILES string of the molecule is CNS(=O)(=O)c1ccc(Cl)c(CCl)c1Cl. The molecular formula is C8H8Cl3NO2S. The average Bonchev–Trinajstić information content (AvgIpc) is 2.18.